The van der Waals surface area contributed by atoms with Gasteiger partial charge in [0.05, 0.1) is 0 Å². The quantitative estimate of drug-likeness (QED) is 0.648. The van der Waals surface area contributed by atoms with Gasteiger partial charge in [0.15, 0.2) is 0 Å². The Morgan fingerprint density at radius 2 is 1.73 bits per heavy atom. The van der Waals surface area contributed by atoms with E-state index in [1.807, 2.05) is 0 Å². The first kappa shape index (κ1) is 7.60. The molecule has 0 aromatic carbocycles. The molecule has 0 aromatic heterocycles. The number of rotatable bonds is 2. The predicted molar refractivity (Wildman–Crippen MR) is 47.3 cm³/mol. The fourth-order valence-electron chi connectivity index (χ4n) is 2.36. The Kier molecular flexibility index (Phi) is 1.92. The highest BCUT2D eigenvalue weighted by Crippen LogP contribution is 2.40. The van der Waals surface area contributed by atoms with Gasteiger partial charge in [-0.15, -0.1) is 0 Å². The Bertz CT molecular complexity index is 132. The summed E-state index contributed by atoms with van der Waals surface area (Å²) in [5.41, 5.74) is 6.56. The summed E-state index contributed by atoms with van der Waals surface area (Å²) in [5.74, 6) is 1.01. The highest BCUT2D eigenvalue weighted by Gasteiger charge is 2.34. The molecule has 0 spiro atoms. The molecule has 1 heteroatoms. The van der Waals surface area contributed by atoms with Crippen molar-refractivity contribution in [1.29, 1.82) is 0 Å². The summed E-state index contributed by atoms with van der Waals surface area (Å²) in [6.45, 7) is 0. The molecule has 0 aliphatic heterocycles. The van der Waals surface area contributed by atoms with Gasteiger partial charge in [0.1, 0.15) is 0 Å². The lowest BCUT2D eigenvalue weighted by atomic mass is 9.79. The van der Waals surface area contributed by atoms with Crippen LogP contribution in [0.5, 0.6) is 0 Å². The zero-order valence-electron chi connectivity index (χ0n) is 7.31. The third kappa shape index (κ3) is 1.96. The lowest BCUT2D eigenvalue weighted by molar-refractivity contribution is 0.266. The van der Waals surface area contributed by atoms with Crippen LogP contribution in [0.3, 0.4) is 0 Å². The third-order valence-electron chi connectivity index (χ3n) is 3.24. The summed E-state index contributed by atoms with van der Waals surface area (Å²) in [6.07, 6.45) is 11.0. The molecule has 64 valence electrons. The van der Waals surface area contributed by atoms with E-state index < -0.39 is 0 Å². The second-order valence-electron chi connectivity index (χ2n) is 4.57. The molecule has 0 aromatic rings. The van der Waals surface area contributed by atoms with Crippen LogP contribution in [-0.4, -0.2) is 5.54 Å². The molecule has 2 aliphatic carbocycles. The van der Waals surface area contributed by atoms with Crippen molar-refractivity contribution < 1.29 is 0 Å². The van der Waals surface area contributed by atoms with Crippen LogP contribution in [0.1, 0.15) is 51.4 Å². The van der Waals surface area contributed by atoms with E-state index in [0.717, 1.165) is 5.92 Å². The summed E-state index contributed by atoms with van der Waals surface area (Å²) in [7, 11) is 0. The molecule has 2 rings (SSSR count). The third-order valence-corrected chi connectivity index (χ3v) is 3.24. The van der Waals surface area contributed by atoms with E-state index in [4.69, 9.17) is 5.73 Å². The molecule has 0 atom stereocenters. The standard InChI is InChI=1S/C10H19N/c11-10(8-9-4-5-9)6-2-1-3-7-10/h9H,1-8,11H2. The predicted octanol–water partition coefficient (Wildman–Crippen LogP) is 2.45. The van der Waals surface area contributed by atoms with Crippen LogP contribution in [0.2, 0.25) is 0 Å². The monoisotopic (exact) mass is 153 g/mol. The van der Waals surface area contributed by atoms with E-state index in [-0.39, 0.29) is 5.54 Å². The first-order valence-corrected chi connectivity index (χ1v) is 5.07. The Balaban J connectivity index is 1.84. The van der Waals surface area contributed by atoms with Gasteiger partial charge >= 0.3 is 0 Å². The molecule has 11 heavy (non-hydrogen) atoms. The Labute approximate surface area is 69.4 Å². The van der Waals surface area contributed by atoms with Gasteiger partial charge in [0.25, 0.3) is 0 Å². The van der Waals surface area contributed by atoms with Crippen LogP contribution >= 0.6 is 0 Å². The van der Waals surface area contributed by atoms with E-state index in [1.54, 1.807) is 0 Å². The molecular formula is C10H19N. The van der Waals surface area contributed by atoms with Gasteiger partial charge in [-0.25, -0.2) is 0 Å². The molecule has 2 fully saturated rings. The summed E-state index contributed by atoms with van der Waals surface area (Å²) in [4.78, 5) is 0. The number of hydrogen-bond acceptors (Lipinski definition) is 1. The average Bonchev–Trinajstić information content (AvgIpc) is 2.72. The van der Waals surface area contributed by atoms with Gasteiger partial charge in [-0.2, -0.15) is 0 Å². The highest BCUT2D eigenvalue weighted by molar-refractivity contribution is 4.92. The summed E-state index contributed by atoms with van der Waals surface area (Å²) in [5, 5.41) is 0. The topological polar surface area (TPSA) is 26.0 Å². The molecule has 2 N–H and O–H groups in total. The van der Waals surface area contributed by atoms with Crippen molar-refractivity contribution in [3.63, 3.8) is 0 Å². The molecule has 2 aliphatic rings. The Morgan fingerprint density at radius 1 is 1.09 bits per heavy atom. The van der Waals surface area contributed by atoms with Crippen LogP contribution in [0, 0.1) is 5.92 Å². The molecule has 0 radical (unpaired) electrons. The lowest BCUT2D eigenvalue weighted by Crippen LogP contribution is -2.41. The van der Waals surface area contributed by atoms with Crippen LogP contribution in [-0.2, 0) is 0 Å². The molecular weight excluding hydrogens is 134 g/mol. The lowest BCUT2D eigenvalue weighted by Gasteiger charge is -2.33. The molecule has 0 saturated heterocycles. The van der Waals surface area contributed by atoms with E-state index in [0.29, 0.717) is 0 Å². The molecule has 0 bridgehead atoms. The van der Waals surface area contributed by atoms with E-state index in [1.165, 1.54) is 51.4 Å². The first-order valence-electron chi connectivity index (χ1n) is 5.07. The van der Waals surface area contributed by atoms with Crippen molar-refractivity contribution in [3.05, 3.63) is 0 Å². The maximum atomic E-state index is 6.30. The van der Waals surface area contributed by atoms with Gasteiger partial charge in [0.2, 0.25) is 0 Å². The highest BCUT2D eigenvalue weighted by atomic mass is 14.7. The zero-order chi connectivity index (χ0) is 7.73. The van der Waals surface area contributed by atoms with Crippen molar-refractivity contribution in [2.24, 2.45) is 11.7 Å². The van der Waals surface area contributed by atoms with Crippen molar-refractivity contribution >= 4 is 0 Å². The SMILES string of the molecule is NC1(CC2CC2)CCCCC1. The van der Waals surface area contributed by atoms with Crippen molar-refractivity contribution in [1.82, 2.24) is 0 Å². The second kappa shape index (κ2) is 2.78. The normalized spacial score (nSPS) is 30.3. The van der Waals surface area contributed by atoms with Crippen LogP contribution < -0.4 is 5.73 Å². The smallest absolute Gasteiger partial charge is 0.0157 e. The molecule has 1 nitrogen and oxygen atoms in total. The molecule has 2 saturated carbocycles. The minimum absolute atomic E-state index is 0.263. The Hall–Kier alpha value is -0.0400. The summed E-state index contributed by atoms with van der Waals surface area (Å²) >= 11 is 0. The maximum absolute atomic E-state index is 6.30. The number of hydrogen-bond donors (Lipinski definition) is 1. The van der Waals surface area contributed by atoms with Crippen LogP contribution in [0.25, 0.3) is 0 Å². The molecule has 0 heterocycles. The Morgan fingerprint density at radius 3 is 2.27 bits per heavy atom. The minimum atomic E-state index is 0.263. The first-order chi connectivity index (χ1) is 5.29. The van der Waals surface area contributed by atoms with Gasteiger partial charge in [0, 0.05) is 5.54 Å². The van der Waals surface area contributed by atoms with E-state index in [2.05, 4.69) is 0 Å². The maximum Gasteiger partial charge on any atom is 0.0157 e. The van der Waals surface area contributed by atoms with Crippen molar-refractivity contribution in [2.45, 2.75) is 56.9 Å². The van der Waals surface area contributed by atoms with Crippen molar-refractivity contribution in [3.8, 4) is 0 Å². The zero-order valence-corrected chi connectivity index (χ0v) is 7.31. The van der Waals surface area contributed by atoms with Gasteiger partial charge < -0.3 is 5.73 Å². The van der Waals surface area contributed by atoms with Crippen molar-refractivity contribution in [2.75, 3.05) is 0 Å². The fourth-order valence-corrected chi connectivity index (χ4v) is 2.36. The van der Waals surface area contributed by atoms with Crippen LogP contribution in [0.4, 0.5) is 0 Å². The van der Waals surface area contributed by atoms with Gasteiger partial charge in [-0.1, -0.05) is 32.1 Å². The van der Waals surface area contributed by atoms with Gasteiger partial charge in [-0.05, 0) is 25.2 Å². The molecule has 0 amide bonds. The van der Waals surface area contributed by atoms with E-state index >= 15 is 0 Å². The molecule has 0 unspecified atom stereocenters. The van der Waals surface area contributed by atoms with E-state index in [9.17, 15) is 0 Å². The largest absolute Gasteiger partial charge is 0.325 e. The minimum Gasteiger partial charge on any atom is -0.325 e. The van der Waals surface area contributed by atoms with Gasteiger partial charge in [-0.3, -0.25) is 0 Å². The average molecular weight is 153 g/mol. The summed E-state index contributed by atoms with van der Waals surface area (Å²) < 4.78 is 0. The number of nitrogens with two attached hydrogens (primary N) is 1. The second-order valence-corrected chi connectivity index (χ2v) is 4.57. The summed E-state index contributed by atoms with van der Waals surface area (Å²) in [6, 6.07) is 0. The van der Waals surface area contributed by atoms with Crippen LogP contribution in [0.15, 0.2) is 0 Å². The fraction of sp³-hybridized carbons (Fsp3) is 1.00.